The number of hydrogen-bond donors (Lipinski definition) is 3. The number of furan rings is 1. The zero-order chi connectivity index (χ0) is 21.8. The third-order valence-electron chi connectivity index (χ3n) is 4.63. The van der Waals surface area contributed by atoms with Crippen LogP contribution in [0.1, 0.15) is 24.2 Å². The normalized spacial score (nSPS) is 16.1. The second kappa shape index (κ2) is 9.11. The van der Waals surface area contributed by atoms with Gasteiger partial charge in [0.05, 0.1) is 40.2 Å². The van der Waals surface area contributed by atoms with Crippen LogP contribution in [0.3, 0.4) is 0 Å². The minimum Gasteiger partial charge on any atom is -0.468 e. The maximum absolute atomic E-state index is 12.5. The number of dihydropyridines is 1. The number of rotatable bonds is 6. The second-order valence-corrected chi connectivity index (χ2v) is 7.97. The Bertz CT molecular complexity index is 1100. The summed E-state index contributed by atoms with van der Waals surface area (Å²) in [6, 6.07) is 10.8. The predicted molar refractivity (Wildman–Crippen MR) is 116 cm³/mol. The van der Waals surface area contributed by atoms with Gasteiger partial charge in [-0.2, -0.15) is 5.26 Å². The summed E-state index contributed by atoms with van der Waals surface area (Å²) in [5.41, 5.74) is 7.98. The Morgan fingerprint density at radius 3 is 2.73 bits per heavy atom. The first kappa shape index (κ1) is 21.6. The van der Waals surface area contributed by atoms with Crippen molar-refractivity contribution in [3.63, 3.8) is 0 Å². The van der Waals surface area contributed by atoms with Gasteiger partial charge in [-0.05, 0) is 43.7 Å². The van der Waals surface area contributed by atoms with E-state index in [4.69, 9.17) is 21.8 Å². The van der Waals surface area contributed by atoms with E-state index in [9.17, 15) is 14.9 Å². The molecule has 4 N–H and O–H groups in total. The number of benzene rings is 1. The first-order chi connectivity index (χ1) is 14.3. The number of allylic oxidation sites excluding steroid dienone is 2. The molecule has 9 heteroatoms. The lowest BCUT2D eigenvalue weighted by atomic mass is 9.86. The van der Waals surface area contributed by atoms with Gasteiger partial charge in [0.15, 0.2) is 0 Å². The molecule has 2 heterocycles. The molecular formula is C21H19ClN4O3S. The number of primary amides is 1. The number of hydrogen-bond acceptors (Lipinski definition) is 6. The SMILES string of the molecule is CC1=C(C(N)=O)[C@H](c2ccco2)C(C#N)=C(SCC(=O)Nc2cccc(Cl)c2C)N1. The lowest BCUT2D eigenvalue weighted by Crippen LogP contribution is -2.31. The van der Waals surface area contributed by atoms with Gasteiger partial charge in [0.25, 0.3) is 0 Å². The van der Waals surface area contributed by atoms with Crippen molar-refractivity contribution in [3.8, 4) is 6.07 Å². The Hall–Kier alpha value is -3.15. The van der Waals surface area contributed by atoms with E-state index in [0.717, 1.165) is 17.3 Å². The summed E-state index contributed by atoms with van der Waals surface area (Å²) in [4.78, 5) is 24.5. The molecule has 0 saturated carbocycles. The third kappa shape index (κ3) is 4.37. The summed E-state index contributed by atoms with van der Waals surface area (Å²) in [6.07, 6.45) is 1.47. The molecule has 1 aliphatic rings. The summed E-state index contributed by atoms with van der Waals surface area (Å²) >= 11 is 7.25. The third-order valence-corrected chi connectivity index (χ3v) is 6.06. The van der Waals surface area contributed by atoms with Crippen LogP contribution in [-0.2, 0) is 9.59 Å². The maximum Gasteiger partial charge on any atom is 0.247 e. The topological polar surface area (TPSA) is 121 Å². The summed E-state index contributed by atoms with van der Waals surface area (Å²) in [6.45, 7) is 3.51. The molecule has 154 valence electrons. The van der Waals surface area contributed by atoms with Gasteiger partial charge in [-0.1, -0.05) is 29.4 Å². The number of nitrogens with two attached hydrogens (primary N) is 1. The standard InChI is InChI=1S/C21H19ClN4O3S/c1-11-14(22)5-3-6-15(11)26-17(27)10-30-21-13(9-23)19(16-7-4-8-29-16)18(20(24)28)12(2)25-21/h3-8,19,25H,10H2,1-2H3,(H2,24,28)(H,26,27)/t19-/m0/s1. The van der Waals surface area contributed by atoms with E-state index in [-0.39, 0.29) is 22.8 Å². The van der Waals surface area contributed by atoms with Gasteiger partial charge in [0, 0.05) is 16.4 Å². The van der Waals surface area contributed by atoms with Crippen molar-refractivity contribution in [1.29, 1.82) is 5.26 Å². The van der Waals surface area contributed by atoms with Crippen LogP contribution in [0.4, 0.5) is 5.69 Å². The van der Waals surface area contributed by atoms with E-state index < -0.39 is 11.8 Å². The van der Waals surface area contributed by atoms with Crippen LogP contribution < -0.4 is 16.4 Å². The molecule has 2 amide bonds. The highest BCUT2D eigenvalue weighted by molar-refractivity contribution is 8.03. The van der Waals surface area contributed by atoms with E-state index in [0.29, 0.717) is 27.2 Å². The Morgan fingerprint density at radius 1 is 1.33 bits per heavy atom. The zero-order valence-corrected chi connectivity index (χ0v) is 17.9. The predicted octanol–water partition coefficient (Wildman–Crippen LogP) is 3.79. The molecule has 0 fully saturated rings. The monoisotopic (exact) mass is 442 g/mol. The van der Waals surface area contributed by atoms with Gasteiger partial charge in [-0.15, -0.1) is 0 Å². The number of halogens is 1. The van der Waals surface area contributed by atoms with Crippen molar-refractivity contribution in [2.75, 3.05) is 11.1 Å². The Labute approximate surface area is 182 Å². The number of carbonyl (C=O) groups is 2. The minimum absolute atomic E-state index is 0.0452. The molecule has 3 rings (SSSR count). The first-order valence-corrected chi connectivity index (χ1v) is 10.3. The number of nitrogens with one attached hydrogen (secondary N) is 2. The van der Waals surface area contributed by atoms with Crippen LogP contribution >= 0.6 is 23.4 Å². The summed E-state index contributed by atoms with van der Waals surface area (Å²) in [5.74, 6) is -1.16. The number of thioether (sulfide) groups is 1. The lowest BCUT2D eigenvalue weighted by molar-refractivity contribution is -0.115. The molecule has 7 nitrogen and oxygen atoms in total. The molecule has 0 bridgehead atoms. The number of nitriles is 1. The average molecular weight is 443 g/mol. The highest BCUT2D eigenvalue weighted by atomic mass is 35.5. The van der Waals surface area contributed by atoms with Crippen LogP contribution in [0.15, 0.2) is 62.9 Å². The first-order valence-electron chi connectivity index (χ1n) is 8.96. The molecule has 0 aliphatic carbocycles. The largest absolute Gasteiger partial charge is 0.468 e. The molecule has 30 heavy (non-hydrogen) atoms. The van der Waals surface area contributed by atoms with Gasteiger partial charge in [0.2, 0.25) is 11.8 Å². The molecule has 1 aromatic carbocycles. The van der Waals surface area contributed by atoms with Crippen LogP contribution in [0, 0.1) is 18.3 Å². The van der Waals surface area contributed by atoms with Gasteiger partial charge in [-0.3, -0.25) is 9.59 Å². The fourth-order valence-electron chi connectivity index (χ4n) is 3.16. The van der Waals surface area contributed by atoms with Gasteiger partial charge >= 0.3 is 0 Å². The van der Waals surface area contributed by atoms with E-state index >= 15 is 0 Å². The van der Waals surface area contributed by atoms with Crippen molar-refractivity contribution in [2.24, 2.45) is 5.73 Å². The number of amides is 2. The summed E-state index contributed by atoms with van der Waals surface area (Å²) < 4.78 is 5.46. The molecule has 1 aliphatic heterocycles. The highest BCUT2D eigenvalue weighted by Crippen LogP contribution is 2.40. The van der Waals surface area contributed by atoms with Gasteiger partial charge in [-0.25, -0.2) is 0 Å². The van der Waals surface area contributed by atoms with Gasteiger partial charge < -0.3 is 20.8 Å². The smallest absolute Gasteiger partial charge is 0.247 e. The molecule has 2 aromatic rings. The zero-order valence-electron chi connectivity index (χ0n) is 16.3. The van der Waals surface area contributed by atoms with Crippen molar-refractivity contribution >= 4 is 40.9 Å². The van der Waals surface area contributed by atoms with Crippen LogP contribution in [0.5, 0.6) is 0 Å². The van der Waals surface area contributed by atoms with Crippen molar-refractivity contribution in [3.05, 3.63) is 74.8 Å². The fourth-order valence-corrected chi connectivity index (χ4v) is 4.23. The number of anilines is 1. The van der Waals surface area contributed by atoms with Crippen molar-refractivity contribution in [1.82, 2.24) is 5.32 Å². The van der Waals surface area contributed by atoms with Crippen LogP contribution in [0.25, 0.3) is 0 Å². The maximum atomic E-state index is 12.5. The lowest BCUT2D eigenvalue weighted by Gasteiger charge is -2.27. The summed E-state index contributed by atoms with van der Waals surface area (Å²) in [7, 11) is 0. The van der Waals surface area contributed by atoms with E-state index in [2.05, 4.69) is 16.7 Å². The van der Waals surface area contributed by atoms with Crippen LogP contribution in [-0.4, -0.2) is 17.6 Å². The molecule has 1 atom stereocenters. The number of carbonyl (C=O) groups excluding carboxylic acids is 2. The van der Waals surface area contributed by atoms with E-state index in [1.54, 1.807) is 37.3 Å². The molecular weight excluding hydrogens is 424 g/mol. The summed E-state index contributed by atoms with van der Waals surface area (Å²) in [5, 5.41) is 16.7. The molecule has 0 saturated heterocycles. The van der Waals surface area contributed by atoms with E-state index in [1.165, 1.54) is 6.26 Å². The fraction of sp³-hybridized carbons (Fsp3) is 0.190. The quantitative estimate of drug-likeness (QED) is 0.625. The molecule has 0 unspecified atom stereocenters. The van der Waals surface area contributed by atoms with Crippen molar-refractivity contribution in [2.45, 2.75) is 19.8 Å². The minimum atomic E-state index is -0.732. The van der Waals surface area contributed by atoms with Crippen molar-refractivity contribution < 1.29 is 14.0 Å². The second-order valence-electron chi connectivity index (χ2n) is 6.58. The molecule has 1 aromatic heterocycles. The van der Waals surface area contributed by atoms with Gasteiger partial charge in [0.1, 0.15) is 5.76 Å². The Morgan fingerprint density at radius 2 is 2.10 bits per heavy atom. The van der Waals surface area contributed by atoms with Crippen LogP contribution in [0.2, 0.25) is 5.02 Å². The Balaban J connectivity index is 1.83. The average Bonchev–Trinajstić information content (AvgIpc) is 3.23. The van der Waals surface area contributed by atoms with E-state index in [1.807, 2.05) is 6.92 Å². The Kier molecular flexibility index (Phi) is 6.55. The molecule has 0 spiro atoms. The highest BCUT2D eigenvalue weighted by Gasteiger charge is 2.35. The molecule has 0 radical (unpaired) electrons. The number of nitrogens with zero attached hydrogens (tertiary/aromatic N) is 1.